The standard InChI is InChI=1S/C26H29NO3S/c1-22-14-16-25(17-15-22)31(29,30)27(20-23-10-5-3-6-11-23)19-9-18-26(2,21-28)24-12-7-4-8-13-24/h3-17,19,28H,18,20-21H2,1-2H3/b19-9+. The van der Waals surface area contributed by atoms with Crippen molar-refractivity contribution in [2.24, 2.45) is 0 Å². The molecule has 4 nitrogen and oxygen atoms in total. The number of nitrogens with zero attached hydrogens (tertiary/aromatic N) is 1. The van der Waals surface area contributed by atoms with E-state index in [9.17, 15) is 13.5 Å². The van der Waals surface area contributed by atoms with Crippen molar-refractivity contribution in [3.05, 3.63) is 114 Å². The Bertz CT molecular complexity index is 1090. The van der Waals surface area contributed by atoms with Gasteiger partial charge in [0.15, 0.2) is 0 Å². The molecule has 0 amide bonds. The van der Waals surface area contributed by atoms with Crippen LogP contribution in [0.4, 0.5) is 0 Å². The molecule has 0 radical (unpaired) electrons. The van der Waals surface area contributed by atoms with Gasteiger partial charge in [0.05, 0.1) is 18.0 Å². The minimum absolute atomic E-state index is 0.0370. The number of benzene rings is 3. The Labute approximate surface area is 185 Å². The highest BCUT2D eigenvalue weighted by atomic mass is 32.2. The molecule has 1 N–H and O–H groups in total. The highest BCUT2D eigenvalue weighted by Gasteiger charge is 2.25. The Kier molecular flexibility index (Phi) is 7.31. The maximum atomic E-state index is 13.4. The molecule has 0 aliphatic rings. The molecule has 0 fully saturated rings. The van der Waals surface area contributed by atoms with Crippen molar-refractivity contribution in [1.82, 2.24) is 4.31 Å². The molecule has 0 saturated heterocycles. The molecule has 0 heterocycles. The summed E-state index contributed by atoms with van der Waals surface area (Å²) in [5.41, 5.74) is 2.42. The third-order valence-corrected chi connectivity index (χ3v) is 7.20. The molecule has 3 rings (SSSR count). The quantitative estimate of drug-likeness (QED) is 0.512. The van der Waals surface area contributed by atoms with E-state index < -0.39 is 15.4 Å². The normalized spacial score (nSPS) is 13.8. The van der Waals surface area contributed by atoms with Crippen LogP contribution < -0.4 is 0 Å². The number of aliphatic hydroxyl groups is 1. The lowest BCUT2D eigenvalue weighted by atomic mass is 9.80. The summed E-state index contributed by atoms with van der Waals surface area (Å²) in [7, 11) is -3.72. The summed E-state index contributed by atoms with van der Waals surface area (Å²) in [5.74, 6) is 0. The van der Waals surface area contributed by atoms with Crippen LogP contribution >= 0.6 is 0 Å². The van der Waals surface area contributed by atoms with Crippen LogP contribution in [0.5, 0.6) is 0 Å². The number of aliphatic hydroxyl groups excluding tert-OH is 1. The van der Waals surface area contributed by atoms with Gasteiger partial charge in [-0.15, -0.1) is 0 Å². The molecule has 0 aliphatic heterocycles. The van der Waals surface area contributed by atoms with E-state index in [1.807, 2.05) is 80.6 Å². The van der Waals surface area contributed by atoms with Crippen LogP contribution in [0.3, 0.4) is 0 Å². The fraction of sp³-hybridized carbons (Fsp3) is 0.231. The lowest BCUT2D eigenvalue weighted by Gasteiger charge is -2.27. The van der Waals surface area contributed by atoms with E-state index in [-0.39, 0.29) is 18.0 Å². The Morgan fingerprint density at radius 1 is 0.903 bits per heavy atom. The molecule has 0 aromatic heterocycles. The lowest BCUT2D eigenvalue weighted by Crippen LogP contribution is -2.28. The largest absolute Gasteiger partial charge is 0.395 e. The number of allylic oxidation sites excluding steroid dienone is 1. The number of sulfonamides is 1. The maximum absolute atomic E-state index is 13.4. The fourth-order valence-electron chi connectivity index (χ4n) is 3.37. The third-order valence-electron chi connectivity index (χ3n) is 5.47. The fourth-order valence-corrected chi connectivity index (χ4v) is 4.69. The zero-order valence-electron chi connectivity index (χ0n) is 18.0. The van der Waals surface area contributed by atoms with Crippen LogP contribution in [0.2, 0.25) is 0 Å². The summed E-state index contributed by atoms with van der Waals surface area (Å²) in [4.78, 5) is 0.256. The molecular weight excluding hydrogens is 406 g/mol. The summed E-state index contributed by atoms with van der Waals surface area (Å²) in [6.07, 6.45) is 3.96. The summed E-state index contributed by atoms with van der Waals surface area (Å²) in [5, 5.41) is 10.0. The molecule has 0 bridgehead atoms. The zero-order valence-corrected chi connectivity index (χ0v) is 18.8. The smallest absolute Gasteiger partial charge is 0.264 e. The van der Waals surface area contributed by atoms with Gasteiger partial charge in [0, 0.05) is 11.6 Å². The van der Waals surface area contributed by atoms with Crippen LogP contribution in [0, 0.1) is 6.92 Å². The van der Waals surface area contributed by atoms with Gasteiger partial charge in [-0.1, -0.05) is 91.4 Å². The second-order valence-electron chi connectivity index (χ2n) is 8.02. The van der Waals surface area contributed by atoms with Crippen molar-refractivity contribution in [1.29, 1.82) is 0 Å². The summed E-state index contributed by atoms with van der Waals surface area (Å²) in [6.45, 7) is 4.10. The van der Waals surface area contributed by atoms with E-state index in [4.69, 9.17) is 0 Å². The first-order chi connectivity index (χ1) is 14.8. The van der Waals surface area contributed by atoms with Gasteiger partial charge in [-0.05, 0) is 36.6 Å². The number of aryl methyl sites for hydroxylation is 1. The van der Waals surface area contributed by atoms with Crippen molar-refractivity contribution < 1.29 is 13.5 Å². The van der Waals surface area contributed by atoms with E-state index in [0.717, 1.165) is 16.7 Å². The summed E-state index contributed by atoms with van der Waals surface area (Å²) < 4.78 is 28.1. The van der Waals surface area contributed by atoms with Gasteiger partial charge in [0.1, 0.15) is 0 Å². The first-order valence-corrected chi connectivity index (χ1v) is 11.7. The Hall–Kier alpha value is -2.89. The van der Waals surface area contributed by atoms with Crippen LogP contribution in [-0.2, 0) is 22.0 Å². The molecular formula is C26H29NO3S. The molecule has 1 atom stereocenters. The lowest BCUT2D eigenvalue weighted by molar-refractivity contribution is 0.206. The highest BCUT2D eigenvalue weighted by molar-refractivity contribution is 7.89. The van der Waals surface area contributed by atoms with Gasteiger partial charge >= 0.3 is 0 Å². The van der Waals surface area contributed by atoms with Gasteiger partial charge < -0.3 is 5.11 Å². The topological polar surface area (TPSA) is 57.6 Å². The van der Waals surface area contributed by atoms with E-state index >= 15 is 0 Å². The number of hydrogen-bond acceptors (Lipinski definition) is 3. The van der Waals surface area contributed by atoms with Gasteiger partial charge in [-0.2, -0.15) is 0 Å². The first-order valence-electron chi connectivity index (χ1n) is 10.3. The van der Waals surface area contributed by atoms with Gasteiger partial charge in [-0.3, -0.25) is 4.31 Å². The Balaban J connectivity index is 1.90. The average molecular weight is 436 g/mol. The Morgan fingerprint density at radius 2 is 1.48 bits per heavy atom. The number of hydrogen-bond donors (Lipinski definition) is 1. The van der Waals surface area contributed by atoms with E-state index in [1.165, 1.54) is 4.31 Å². The van der Waals surface area contributed by atoms with Crippen molar-refractivity contribution in [3.63, 3.8) is 0 Å². The highest BCUT2D eigenvalue weighted by Crippen LogP contribution is 2.28. The second kappa shape index (κ2) is 9.94. The maximum Gasteiger partial charge on any atom is 0.264 e. The molecule has 0 aliphatic carbocycles. The predicted octanol–water partition coefficient (Wildman–Crippen LogP) is 5.04. The predicted molar refractivity (Wildman–Crippen MR) is 125 cm³/mol. The van der Waals surface area contributed by atoms with E-state index in [0.29, 0.717) is 6.42 Å². The third kappa shape index (κ3) is 5.63. The van der Waals surface area contributed by atoms with Crippen LogP contribution in [0.15, 0.2) is 102 Å². The van der Waals surface area contributed by atoms with E-state index in [1.54, 1.807) is 30.5 Å². The number of rotatable bonds is 9. The first kappa shape index (κ1) is 22.8. The summed E-state index contributed by atoms with van der Waals surface area (Å²) in [6, 6.07) is 26.2. The van der Waals surface area contributed by atoms with Crippen molar-refractivity contribution in [2.45, 2.75) is 37.1 Å². The zero-order chi connectivity index (χ0) is 22.3. The van der Waals surface area contributed by atoms with Crippen molar-refractivity contribution >= 4 is 10.0 Å². The molecule has 3 aromatic rings. The minimum atomic E-state index is -3.72. The van der Waals surface area contributed by atoms with E-state index in [2.05, 4.69) is 0 Å². The minimum Gasteiger partial charge on any atom is -0.395 e. The molecule has 31 heavy (non-hydrogen) atoms. The molecule has 5 heteroatoms. The van der Waals surface area contributed by atoms with Crippen molar-refractivity contribution in [2.75, 3.05) is 6.61 Å². The van der Waals surface area contributed by atoms with Gasteiger partial charge in [-0.25, -0.2) is 8.42 Å². The van der Waals surface area contributed by atoms with Crippen molar-refractivity contribution in [3.8, 4) is 0 Å². The molecule has 3 aromatic carbocycles. The SMILES string of the molecule is Cc1ccc(S(=O)(=O)N(/C=C/CC(C)(CO)c2ccccc2)Cc2ccccc2)cc1. The van der Waals surface area contributed by atoms with Crippen LogP contribution in [0.1, 0.15) is 30.0 Å². The molecule has 162 valence electrons. The Morgan fingerprint density at radius 3 is 2.06 bits per heavy atom. The average Bonchev–Trinajstić information content (AvgIpc) is 2.80. The summed E-state index contributed by atoms with van der Waals surface area (Å²) >= 11 is 0. The second-order valence-corrected chi connectivity index (χ2v) is 9.91. The molecule has 1 unspecified atom stereocenters. The van der Waals surface area contributed by atoms with Gasteiger partial charge in [0.25, 0.3) is 10.0 Å². The molecule has 0 spiro atoms. The monoisotopic (exact) mass is 435 g/mol. The van der Waals surface area contributed by atoms with Gasteiger partial charge in [0.2, 0.25) is 0 Å². The molecule has 0 saturated carbocycles. The van der Waals surface area contributed by atoms with Crippen LogP contribution in [0.25, 0.3) is 0 Å². The van der Waals surface area contributed by atoms with Crippen LogP contribution in [-0.4, -0.2) is 24.4 Å².